The van der Waals surface area contributed by atoms with Gasteiger partial charge in [-0.3, -0.25) is 14.4 Å². The Kier molecular flexibility index (Phi) is 5.32. The van der Waals surface area contributed by atoms with E-state index in [0.717, 1.165) is 5.56 Å². The zero-order valence-corrected chi connectivity index (χ0v) is 14.5. The molecule has 1 saturated heterocycles. The van der Waals surface area contributed by atoms with Crippen LogP contribution in [0.4, 0.5) is 0 Å². The van der Waals surface area contributed by atoms with Crippen molar-refractivity contribution in [3.8, 4) is 11.5 Å². The maximum absolute atomic E-state index is 12.2. The van der Waals surface area contributed by atoms with Gasteiger partial charge in [0.25, 0.3) is 0 Å². The van der Waals surface area contributed by atoms with E-state index in [4.69, 9.17) is 9.47 Å². The van der Waals surface area contributed by atoms with Crippen molar-refractivity contribution >= 4 is 29.5 Å². The summed E-state index contributed by atoms with van der Waals surface area (Å²) in [5.74, 6) is 0.523. The summed E-state index contributed by atoms with van der Waals surface area (Å²) in [4.78, 5) is 36.7. The minimum Gasteiger partial charge on any atom is -0.486 e. The Balaban J connectivity index is 1.69. The number of carbonyl (C=O) groups is 3. The Morgan fingerprint density at radius 3 is 2.84 bits per heavy atom. The molecule has 1 N–H and O–H groups in total. The van der Waals surface area contributed by atoms with Crippen molar-refractivity contribution in [1.29, 1.82) is 0 Å². The Morgan fingerprint density at radius 1 is 1.32 bits per heavy atom. The zero-order chi connectivity index (χ0) is 17.8. The maximum Gasteiger partial charge on any atom is 0.325 e. The quantitative estimate of drug-likeness (QED) is 0.750. The smallest absolute Gasteiger partial charge is 0.325 e. The van der Waals surface area contributed by atoms with Crippen LogP contribution in [0.2, 0.25) is 0 Å². The van der Waals surface area contributed by atoms with Crippen LogP contribution in [0.3, 0.4) is 0 Å². The number of carbonyl (C=O) groups excluding carboxylic acids is 3. The maximum atomic E-state index is 12.2. The third kappa shape index (κ3) is 3.98. The highest BCUT2D eigenvalue weighted by Crippen LogP contribution is 2.41. The highest BCUT2D eigenvalue weighted by Gasteiger charge is 2.34. The summed E-state index contributed by atoms with van der Waals surface area (Å²) in [6, 6.07) is 5.51. The molecule has 1 atom stereocenters. The normalized spacial score (nSPS) is 18.8. The Bertz CT molecular complexity index is 695. The molecule has 1 unspecified atom stereocenters. The van der Waals surface area contributed by atoms with Crippen molar-refractivity contribution in [3.05, 3.63) is 23.8 Å². The monoisotopic (exact) mass is 366 g/mol. The van der Waals surface area contributed by atoms with Crippen LogP contribution in [0.15, 0.2) is 18.2 Å². The first-order valence-electron chi connectivity index (χ1n) is 7.72. The first kappa shape index (κ1) is 17.4. The number of benzene rings is 1. The molecule has 1 fully saturated rings. The van der Waals surface area contributed by atoms with E-state index >= 15 is 0 Å². The van der Waals surface area contributed by atoms with Gasteiger partial charge in [0.2, 0.25) is 11.8 Å². The SMILES string of the molecule is COC(=O)CNC(=O)CN1C(=O)CSC1c1ccc2c(c1)OCCO2. The lowest BCUT2D eigenvalue weighted by Gasteiger charge is -2.25. The second-order valence-corrected chi connectivity index (χ2v) is 6.51. The largest absolute Gasteiger partial charge is 0.486 e. The summed E-state index contributed by atoms with van der Waals surface area (Å²) in [5, 5.41) is 2.16. The molecule has 0 radical (unpaired) electrons. The zero-order valence-electron chi connectivity index (χ0n) is 13.6. The van der Waals surface area contributed by atoms with Crippen molar-refractivity contribution in [2.75, 3.05) is 39.2 Å². The fourth-order valence-electron chi connectivity index (χ4n) is 2.57. The molecule has 2 aliphatic rings. The summed E-state index contributed by atoms with van der Waals surface area (Å²) >= 11 is 1.44. The molecule has 134 valence electrons. The summed E-state index contributed by atoms with van der Waals surface area (Å²) in [6.45, 7) is 0.642. The number of esters is 1. The van der Waals surface area contributed by atoms with Crippen molar-refractivity contribution in [2.45, 2.75) is 5.37 Å². The van der Waals surface area contributed by atoms with Gasteiger partial charge in [-0.15, -0.1) is 11.8 Å². The van der Waals surface area contributed by atoms with Crippen LogP contribution in [-0.4, -0.2) is 61.8 Å². The Hall–Kier alpha value is -2.42. The van der Waals surface area contributed by atoms with E-state index in [1.165, 1.54) is 23.8 Å². The lowest BCUT2D eigenvalue weighted by atomic mass is 10.1. The fourth-order valence-corrected chi connectivity index (χ4v) is 3.75. The van der Waals surface area contributed by atoms with Crippen molar-refractivity contribution in [1.82, 2.24) is 10.2 Å². The number of nitrogens with one attached hydrogen (secondary N) is 1. The number of nitrogens with zero attached hydrogens (tertiary/aromatic N) is 1. The lowest BCUT2D eigenvalue weighted by molar-refractivity contribution is -0.141. The third-order valence-electron chi connectivity index (χ3n) is 3.79. The van der Waals surface area contributed by atoms with Gasteiger partial charge in [-0.05, 0) is 17.7 Å². The van der Waals surface area contributed by atoms with Gasteiger partial charge < -0.3 is 24.4 Å². The first-order chi connectivity index (χ1) is 12.1. The number of hydrogen-bond acceptors (Lipinski definition) is 7. The predicted octanol–water partition coefficient (Wildman–Crippen LogP) is 0.321. The molecule has 0 saturated carbocycles. The van der Waals surface area contributed by atoms with Gasteiger partial charge in [0.05, 0.1) is 12.9 Å². The first-order valence-corrected chi connectivity index (χ1v) is 8.77. The van der Waals surface area contributed by atoms with Crippen LogP contribution in [0.1, 0.15) is 10.9 Å². The number of fused-ring (bicyclic) bond motifs is 1. The topological polar surface area (TPSA) is 94.2 Å². The third-order valence-corrected chi connectivity index (χ3v) is 5.05. The predicted molar refractivity (Wildman–Crippen MR) is 89.4 cm³/mol. The number of rotatable bonds is 5. The van der Waals surface area contributed by atoms with E-state index in [0.29, 0.717) is 30.5 Å². The molecule has 25 heavy (non-hydrogen) atoms. The summed E-state index contributed by atoms with van der Waals surface area (Å²) in [5.41, 5.74) is 0.862. The molecule has 0 spiro atoms. The van der Waals surface area contributed by atoms with Crippen LogP contribution in [-0.2, 0) is 19.1 Å². The van der Waals surface area contributed by atoms with Gasteiger partial charge in [0.1, 0.15) is 31.7 Å². The summed E-state index contributed by atoms with van der Waals surface area (Å²) < 4.78 is 15.5. The lowest BCUT2D eigenvalue weighted by Crippen LogP contribution is -2.41. The van der Waals surface area contributed by atoms with E-state index in [1.807, 2.05) is 18.2 Å². The second kappa shape index (κ2) is 7.64. The Labute approximate surface area is 148 Å². The molecule has 3 rings (SSSR count). The summed E-state index contributed by atoms with van der Waals surface area (Å²) in [6.07, 6.45) is 0. The van der Waals surface area contributed by atoms with Gasteiger partial charge >= 0.3 is 5.97 Å². The molecular formula is C16H18N2O6S. The Morgan fingerprint density at radius 2 is 2.08 bits per heavy atom. The van der Waals surface area contributed by atoms with Crippen LogP contribution in [0, 0.1) is 0 Å². The van der Waals surface area contributed by atoms with E-state index in [9.17, 15) is 14.4 Å². The van der Waals surface area contributed by atoms with Crippen molar-refractivity contribution in [2.24, 2.45) is 0 Å². The highest BCUT2D eigenvalue weighted by molar-refractivity contribution is 8.00. The van der Waals surface area contributed by atoms with Gasteiger partial charge in [0.15, 0.2) is 11.5 Å². The minimum atomic E-state index is -0.543. The van der Waals surface area contributed by atoms with Crippen molar-refractivity contribution < 1.29 is 28.6 Å². The molecule has 1 aromatic carbocycles. The number of thioether (sulfide) groups is 1. The van der Waals surface area contributed by atoms with Gasteiger partial charge in [-0.1, -0.05) is 6.07 Å². The minimum absolute atomic E-state index is 0.123. The molecule has 2 heterocycles. The number of ether oxygens (including phenoxy) is 3. The standard InChI is InChI=1S/C16H18N2O6S/c1-22-15(21)7-17-13(19)8-18-14(20)9-25-16(18)10-2-3-11-12(6-10)24-5-4-23-11/h2-3,6,16H,4-5,7-9H2,1H3,(H,17,19). The van der Waals surface area contributed by atoms with Crippen LogP contribution in [0.5, 0.6) is 11.5 Å². The summed E-state index contributed by atoms with van der Waals surface area (Å²) in [7, 11) is 1.24. The average molecular weight is 366 g/mol. The van der Waals surface area contributed by atoms with E-state index in [1.54, 1.807) is 0 Å². The fraction of sp³-hybridized carbons (Fsp3) is 0.438. The van der Waals surface area contributed by atoms with Crippen LogP contribution < -0.4 is 14.8 Å². The number of methoxy groups -OCH3 is 1. The average Bonchev–Trinajstić information content (AvgIpc) is 2.99. The van der Waals surface area contributed by atoms with Crippen molar-refractivity contribution in [3.63, 3.8) is 0 Å². The van der Waals surface area contributed by atoms with Crippen LogP contribution >= 0.6 is 11.8 Å². The molecular weight excluding hydrogens is 348 g/mol. The van der Waals surface area contributed by atoms with Gasteiger partial charge in [-0.25, -0.2) is 0 Å². The van der Waals surface area contributed by atoms with Gasteiger partial charge in [0, 0.05) is 0 Å². The molecule has 0 aliphatic carbocycles. The number of hydrogen-bond donors (Lipinski definition) is 1. The van der Waals surface area contributed by atoms with E-state index < -0.39 is 11.9 Å². The second-order valence-electron chi connectivity index (χ2n) is 5.44. The van der Waals surface area contributed by atoms with Gasteiger partial charge in [-0.2, -0.15) is 0 Å². The van der Waals surface area contributed by atoms with Crippen LogP contribution in [0.25, 0.3) is 0 Å². The molecule has 0 bridgehead atoms. The molecule has 8 nitrogen and oxygen atoms in total. The van der Waals surface area contributed by atoms with E-state index in [2.05, 4.69) is 10.1 Å². The molecule has 9 heteroatoms. The highest BCUT2D eigenvalue weighted by atomic mass is 32.2. The number of amides is 2. The van der Waals surface area contributed by atoms with E-state index in [-0.39, 0.29) is 24.4 Å². The molecule has 1 aromatic rings. The molecule has 2 amide bonds. The molecule has 0 aromatic heterocycles. The molecule has 2 aliphatic heterocycles.